The number of rotatable bonds is 7. The number of benzene rings is 2. The second-order valence-electron chi connectivity index (χ2n) is 9.86. The molecule has 1 fully saturated rings. The van der Waals surface area contributed by atoms with Crippen LogP contribution in [0.5, 0.6) is 17.2 Å². The first-order chi connectivity index (χ1) is 20.5. The number of methoxy groups -OCH3 is 1. The monoisotopic (exact) mass is 570 g/mol. The van der Waals surface area contributed by atoms with Crippen LogP contribution in [0.1, 0.15) is 11.3 Å². The normalized spacial score (nSPS) is 15.8. The quantitative estimate of drug-likeness (QED) is 0.344. The number of anilines is 2. The molecule has 13 nitrogen and oxygen atoms in total. The summed E-state index contributed by atoms with van der Waals surface area (Å²) in [5.74, 6) is 2.84. The molecule has 2 N–H and O–H groups in total. The minimum atomic E-state index is -0.794. The summed E-state index contributed by atoms with van der Waals surface area (Å²) >= 11 is 0. The lowest BCUT2D eigenvalue weighted by molar-refractivity contribution is -0.125. The molecule has 13 heteroatoms. The van der Waals surface area contributed by atoms with Crippen LogP contribution in [0, 0.1) is 6.92 Å². The van der Waals surface area contributed by atoms with E-state index in [4.69, 9.17) is 19.2 Å². The van der Waals surface area contributed by atoms with Gasteiger partial charge >= 0.3 is 6.03 Å². The van der Waals surface area contributed by atoms with Gasteiger partial charge in [0.25, 0.3) is 0 Å². The molecule has 216 valence electrons. The summed E-state index contributed by atoms with van der Waals surface area (Å²) in [7, 11) is 1.58. The Morgan fingerprint density at radius 2 is 1.88 bits per heavy atom. The molecule has 0 bridgehead atoms. The molecule has 6 rings (SSSR count). The third-order valence-corrected chi connectivity index (χ3v) is 7.08. The molecule has 1 saturated heterocycles. The number of hydrogen-bond donors (Lipinski definition) is 2. The van der Waals surface area contributed by atoms with Gasteiger partial charge in [0.05, 0.1) is 7.11 Å². The van der Waals surface area contributed by atoms with Gasteiger partial charge in [-0.1, -0.05) is 6.07 Å². The smallest absolute Gasteiger partial charge is 0.322 e. The van der Waals surface area contributed by atoms with Crippen molar-refractivity contribution in [3.05, 3.63) is 78.5 Å². The maximum atomic E-state index is 13.7. The van der Waals surface area contributed by atoms with Crippen LogP contribution >= 0.6 is 0 Å². The van der Waals surface area contributed by atoms with Gasteiger partial charge < -0.3 is 34.6 Å². The van der Waals surface area contributed by atoms with E-state index in [1.54, 1.807) is 59.6 Å². The Morgan fingerprint density at radius 3 is 2.67 bits per heavy atom. The molecule has 42 heavy (non-hydrogen) atoms. The summed E-state index contributed by atoms with van der Waals surface area (Å²) in [5.41, 5.74) is 2.22. The van der Waals surface area contributed by atoms with E-state index in [9.17, 15) is 9.59 Å². The van der Waals surface area contributed by atoms with Crippen LogP contribution in [0.4, 0.5) is 16.3 Å². The molecule has 1 atom stereocenters. The van der Waals surface area contributed by atoms with E-state index in [-0.39, 0.29) is 31.8 Å². The number of aromatic nitrogens is 4. The van der Waals surface area contributed by atoms with Crippen molar-refractivity contribution in [2.24, 2.45) is 0 Å². The fourth-order valence-corrected chi connectivity index (χ4v) is 4.88. The molecular formula is C29H30N8O5. The zero-order chi connectivity index (χ0) is 29.1. The molecule has 3 amide bonds. The second kappa shape index (κ2) is 11.6. The largest absolute Gasteiger partial charge is 0.497 e. The highest BCUT2D eigenvalue weighted by Gasteiger charge is 2.36. The Bertz CT molecular complexity index is 1580. The van der Waals surface area contributed by atoms with Crippen LogP contribution in [0.2, 0.25) is 0 Å². The number of carbonyl (C=O) groups excluding carboxylic acids is 2. The Hall–Kier alpha value is -5.33. The van der Waals surface area contributed by atoms with E-state index in [1.165, 1.54) is 0 Å². The van der Waals surface area contributed by atoms with Gasteiger partial charge in [-0.05, 0) is 48.9 Å². The van der Waals surface area contributed by atoms with Gasteiger partial charge in [0.2, 0.25) is 18.6 Å². The van der Waals surface area contributed by atoms with E-state index in [1.807, 2.05) is 36.1 Å². The van der Waals surface area contributed by atoms with Gasteiger partial charge in [0, 0.05) is 56.0 Å². The molecule has 0 saturated carbocycles. The molecule has 0 radical (unpaired) electrons. The van der Waals surface area contributed by atoms with E-state index < -0.39 is 6.04 Å². The van der Waals surface area contributed by atoms with Crippen LogP contribution in [-0.4, -0.2) is 75.9 Å². The second-order valence-corrected chi connectivity index (χ2v) is 9.86. The standard InChI is InChI=1S/C29H30N8O5/c1-19-13-26(34-28(32-19)36-10-9-30-17-36)35-11-12-37(29(39)33-21-4-6-22(40-2)7-5-21)23(16-35)27(38)31-15-20-3-8-24-25(14-20)42-18-41-24/h3-10,13-14,17,23H,11-12,15-16,18H2,1-2H3,(H,31,38)(H,33,39). The minimum Gasteiger partial charge on any atom is -0.497 e. The fourth-order valence-electron chi connectivity index (χ4n) is 4.88. The number of carbonyl (C=O) groups is 2. The lowest BCUT2D eigenvalue weighted by Gasteiger charge is -2.41. The summed E-state index contributed by atoms with van der Waals surface area (Å²) < 4.78 is 17.8. The van der Waals surface area contributed by atoms with Crippen LogP contribution in [0.3, 0.4) is 0 Å². The zero-order valence-corrected chi connectivity index (χ0v) is 23.2. The molecule has 2 aliphatic rings. The van der Waals surface area contributed by atoms with Crippen LogP contribution in [0.25, 0.3) is 5.95 Å². The zero-order valence-electron chi connectivity index (χ0n) is 23.2. The van der Waals surface area contributed by atoms with Gasteiger partial charge in [-0.3, -0.25) is 9.36 Å². The Morgan fingerprint density at radius 1 is 1.05 bits per heavy atom. The molecule has 4 aromatic rings. The molecule has 0 spiro atoms. The molecule has 2 aromatic heterocycles. The number of nitrogens with zero attached hydrogens (tertiary/aromatic N) is 6. The number of nitrogens with one attached hydrogen (secondary N) is 2. The van der Waals surface area contributed by atoms with Gasteiger partial charge in [-0.2, -0.15) is 4.98 Å². The van der Waals surface area contributed by atoms with E-state index in [2.05, 4.69) is 20.6 Å². The van der Waals surface area contributed by atoms with Gasteiger partial charge in [0.1, 0.15) is 23.9 Å². The van der Waals surface area contributed by atoms with Gasteiger partial charge in [-0.25, -0.2) is 14.8 Å². The SMILES string of the molecule is COc1ccc(NC(=O)N2CCN(c3cc(C)nc(-n4ccnc4)n3)CC2C(=O)NCc2ccc3c(c2)OCO3)cc1. The average Bonchev–Trinajstić information content (AvgIpc) is 3.72. The van der Waals surface area contributed by atoms with Crippen molar-refractivity contribution in [3.63, 3.8) is 0 Å². The van der Waals surface area contributed by atoms with Crippen molar-refractivity contribution in [2.75, 3.05) is 43.8 Å². The molecule has 1 unspecified atom stereocenters. The van der Waals surface area contributed by atoms with Crippen molar-refractivity contribution in [1.29, 1.82) is 0 Å². The average molecular weight is 571 g/mol. The third-order valence-electron chi connectivity index (χ3n) is 7.08. The number of ether oxygens (including phenoxy) is 3. The number of hydrogen-bond acceptors (Lipinski definition) is 9. The minimum absolute atomic E-state index is 0.173. The highest BCUT2D eigenvalue weighted by atomic mass is 16.7. The molecule has 2 aliphatic heterocycles. The van der Waals surface area contributed by atoms with Gasteiger partial charge in [0.15, 0.2) is 11.5 Å². The number of urea groups is 1. The van der Waals surface area contributed by atoms with Crippen LogP contribution in [0.15, 0.2) is 67.3 Å². The Balaban J connectivity index is 1.22. The van der Waals surface area contributed by atoms with Crippen LogP contribution < -0.4 is 29.7 Å². The van der Waals surface area contributed by atoms with Crippen molar-refractivity contribution in [2.45, 2.75) is 19.5 Å². The summed E-state index contributed by atoms with van der Waals surface area (Å²) in [6.45, 7) is 3.33. The first-order valence-corrected chi connectivity index (χ1v) is 13.4. The van der Waals surface area contributed by atoms with Crippen molar-refractivity contribution in [3.8, 4) is 23.2 Å². The number of fused-ring (bicyclic) bond motifs is 1. The van der Waals surface area contributed by atoms with E-state index >= 15 is 0 Å². The van der Waals surface area contributed by atoms with Crippen molar-refractivity contribution in [1.82, 2.24) is 29.7 Å². The lowest BCUT2D eigenvalue weighted by Crippen LogP contribution is -2.61. The highest BCUT2D eigenvalue weighted by molar-refractivity contribution is 5.94. The lowest BCUT2D eigenvalue weighted by atomic mass is 10.1. The number of imidazole rings is 1. The van der Waals surface area contributed by atoms with Crippen molar-refractivity contribution < 1.29 is 23.8 Å². The first-order valence-electron chi connectivity index (χ1n) is 13.4. The molecule has 4 heterocycles. The van der Waals surface area contributed by atoms with Crippen LogP contribution in [-0.2, 0) is 11.3 Å². The molecule has 0 aliphatic carbocycles. The van der Waals surface area contributed by atoms with Crippen molar-refractivity contribution >= 4 is 23.4 Å². The summed E-state index contributed by atoms with van der Waals surface area (Å²) in [6, 6.07) is 13.3. The summed E-state index contributed by atoms with van der Waals surface area (Å²) in [5, 5.41) is 5.90. The third kappa shape index (κ3) is 5.75. The predicted octanol–water partition coefficient (Wildman–Crippen LogP) is 2.75. The maximum absolute atomic E-state index is 13.7. The number of amides is 3. The molecular weight excluding hydrogens is 540 g/mol. The highest BCUT2D eigenvalue weighted by Crippen LogP contribution is 2.32. The molecule has 2 aromatic carbocycles. The number of aryl methyl sites for hydroxylation is 1. The number of piperazine rings is 1. The van der Waals surface area contributed by atoms with E-state index in [0.717, 1.165) is 11.3 Å². The summed E-state index contributed by atoms with van der Waals surface area (Å²) in [6.07, 6.45) is 5.06. The van der Waals surface area contributed by atoms with E-state index in [0.29, 0.717) is 47.8 Å². The summed E-state index contributed by atoms with van der Waals surface area (Å²) in [4.78, 5) is 44.0. The Kier molecular flexibility index (Phi) is 7.45. The van der Waals surface area contributed by atoms with Gasteiger partial charge in [-0.15, -0.1) is 0 Å². The fraction of sp³-hybridized carbons (Fsp3) is 0.276. The maximum Gasteiger partial charge on any atom is 0.322 e. The topological polar surface area (TPSA) is 136 Å². The predicted molar refractivity (Wildman–Crippen MR) is 153 cm³/mol. The first kappa shape index (κ1) is 26.9. The Labute approximate surface area is 242 Å².